The van der Waals surface area contributed by atoms with Gasteiger partial charge in [-0.15, -0.1) is 0 Å². The van der Waals surface area contributed by atoms with Gasteiger partial charge in [0.05, 0.1) is 11.2 Å². The van der Waals surface area contributed by atoms with Gasteiger partial charge in [0.15, 0.2) is 6.30 Å². The second-order valence-electron chi connectivity index (χ2n) is 5.36. The van der Waals surface area contributed by atoms with E-state index in [1.807, 2.05) is 37.3 Å². The van der Waals surface area contributed by atoms with Crippen LogP contribution in [-0.4, -0.2) is 23.7 Å². The molecule has 0 radical (unpaired) electrons. The summed E-state index contributed by atoms with van der Waals surface area (Å²) >= 11 is 0. The van der Waals surface area contributed by atoms with Crippen LogP contribution in [0.1, 0.15) is 19.5 Å². The van der Waals surface area contributed by atoms with Gasteiger partial charge in [0, 0.05) is 36.3 Å². The monoisotopic (exact) mass is 311 g/mol. The van der Waals surface area contributed by atoms with E-state index in [0.29, 0.717) is 6.54 Å². The lowest BCUT2D eigenvalue weighted by Gasteiger charge is -2.19. The molecule has 0 saturated heterocycles. The van der Waals surface area contributed by atoms with E-state index in [4.69, 9.17) is 0 Å². The van der Waals surface area contributed by atoms with E-state index in [1.54, 1.807) is 24.1 Å². The second kappa shape index (κ2) is 6.20. The summed E-state index contributed by atoms with van der Waals surface area (Å²) in [6.45, 7) is 4.09. The predicted octanol–water partition coefficient (Wildman–Crippen LogP) is 3.40. The molecule has 1 aromatic heterocycles. The van der Waals surface area contributed by atoms with Crippen LogP contribution in [0.2, 0.25) is 0 Å². The molecule has 0 fully saturated rings. The van der Waals surface area contributed by atoms with Gasteiger partial charge in [0.25, 0.3) is 0 Å². The van der Waals surface area contributed by atoms with Crippen LogP contribution in [-0.2, 0) is 4.79 Å². The highest BCUT2D eigenvalue weighted by molar-refractivity contribution is 5.94. The lowest BCUT2D eigenvalue weighted by molar-refractivity contribution is -0.116. The molecule has 0 spiro atoms. The molecule has 1 aromatic carbocycles. The molecule has 23 heavy (non-hydrogen) atoms. The van der Waals surface area contributed by atoms with Gasteiger partial charge in [-0.3, -0.25) is 4.79 Å². The van der Waals surface area contributed by atoms with Gasteiger partial charge in [-0.05, 0) is 31.2 Å². The maximum absolute atomic E-state index is 13.1. The topological polar surface area (TPSA) is 45.2 Å². The number of dihydropyridines is 1. The van der Waals surface area contributed by atoms with E-state index in [1.165, 1.54) is 6.08 Å². The molecule has 2 aromatic rings. The van der Waals surface area contributed by atoms with E-state index >= 15 is 0 Å². The van der Waals surface area contributed by atoms with Gasteiger partial charge in [-0.25, -0.2) is 9.37 Å². The fourth-order valence-electron chi connectivity index (χ4n) is 2.64. The molecular weight excluding hydrogens is 293 g/mol. The van der Waals surface area contributed by atoms with Crippen molar-refractivity contribution in [1.82, 2.24) is 10.3 Å². The molecular formula is C18H18FN3O. The van der Waals surface area contributed by atoms with Crippen molar-refractivity contribution in [2.24, 2.45) is 0 Å². The van der Waals surface area contributed by atoms with Crippen molar-refractivity contribution in [2.75, 3.05) is 11.4 Å². The number of halogens is 1. The highest BCUT2D eigenvalue weighted by Gasteiger charge is 2.12. The Morgan fingerprint density at radius 1 is 1.35 bits per heavy atom. The zero-order valence-corrected chi connectivity index (χ0v) is 13.1. The van der Waals surface area contributed by atoms with Crippen LogP contribution in [0.15, 0.2) is 48.7 Å². The number of pyridine rings is 1. The van der Waals surface area contributed by atoms with Crippen LogP contribution in [0.5, 0.6) is 0 Å². The summed E-state index contributed by atoms with van der Waals surface area (Å²) in [7, 11) is 0. The largest absolute Gasteiger partial charge is 0.358 e. The lowest BCUT2D eigenvalue weighted by Crippen LogP contribution is -2.27. The van der Waals surface area contributed by atoms with Crippen LogP contribution >= 0.6 is 0 Å². The second-order valence-corrected chi connectivity index (χ2v) is 5.36. The first kappa shape index (κ1) is 15.2. The Balaban J connectivity index is 2.01. The van der Waals surface area contributed by atoms with Gasteiger partial charge in [0.2, 0.25) is 5.91 Å². The third-order valence-corrected chi connectivity index (χ3v) is 3.82. The number of fused-ring (bicyclic) bond motifs is 1. The first-order chi connectivity index (χ1) is 11.1. The summed E-state index contributed by atoms with van der Waals surface area (Å²) in [5.41, 5.74) is 3.21. The quantitative estimate of drug-likeness (QED) is 0.884. The third-order valence-electron chi connectivity index (χ3n) is 3.82. The number of hydrogen-bond donors (Lipinski definition) is 1. The van der Waals surface area contributed by atoms with Crippen LogP contribution in [0.25, 0.3) is 16.5 Å². The maximum Gasteiger partial charge on any atom is 0.223 e. The highest BCUT2D eigenvalue weighted by atomic mass is 19.1. The van der Waals surface area contributed by atoms with Crippen LogP contribution < -0.4 is 10.2 Å². The summed E-state index contributed by atoms with van der Waals surface area (Å²) in [5, 5.41) is 3.62. The van der Waals surface area contributed by atoms with E-state index in [9.17, 15) is 9.18 Å². The number of nitrogens with one attached hydrogen (secondary N) is 1. The fourth-order valence-corrected chi connectivity index (χ4v) is 2.64. The van der Waals surface area contributed by atoms with Gasteiger partial charge in [0.1, 0.15) is 0 Å². The first-order valence-corrected chi connectivity index (χ1v) is 7.56. The third kappa shape index (κ3) is 3.08. The summed E-state index contributed by atoms with van der Waals surface area (Å²) < 4.78 is 13.1. The maximum atomic E-state index is 13.1. The zero-order valence-electron chi connectivity index (χ0n) is 13.1. The molecule has 5 heteroatoms. The Labute approximate surface area is 134 Å². The number of amides is 1. The Bertz CT molecular complexity index is 813. The fraction of sp³-hybridized carbons (Fsp3) is 0.222. The molecule has 1 atom stereocenters. The number of benzene rings is 1. The molecule has 4 nitrogen and oxygen atoms in total. The Kier molecular flexibility index (Phi) is 4.10. The number of allylic oxidation sites excluding steroid dienone is 2. The SMILES string of the molecule is CCN(C(C)=O)c1ccc2ccc(C3=CN[C@H](F)C=C3)nc2c1. The minimum atomic E-state index is -1.15. The van der Waals surface area contributed by atoms with Crippen molar-refractivity contribution in [3.05, 3.63) is 54.4 Å². The molecule has 118 valence electrons. The van der Waals surface area contributed by atoms with Crippen molar-refractivity contribution < 1.29 is 9.18 Å². The lowest BCUT2D eigenvalue weighted by atomic mass is 10.1. The van der Waals surface area contributed by atoms with Crippen LogP contribution in [0, 0.1) is 0 Å². The Morgan fingerprint density at radius 2 is 2.13 bits per heavy atom. The number of hydrogen-bond acceptors (Lipinski definition) is 3. The minimum absolute atomic E-state index is 0.000820. The van der Waals surface area contributed by atoms with E-state index in [2.05, 4.69) is 10.3 Å². The molecule has 1 N–H and O–H groups in total. The highest BCUT2D eigenvalue weighted by Crippen LogP contribution is 2.24. The molecule has 0 bridgehead atoms. The molecule has 0 unspecified atom stereocenters. The van der Waals surface area contributed by atoms with Crippen LogP contribution in [0.4, 0.5) is 10.1 Å². The average molecular weight is 311 g/mol. The zero-order chi connectivity index (χ0) is 16.4. The number of carbonyl (C=O) groups is 1. The van der Waals surface area contributed by atoms with Crippen molar-refractivity contribution in [2.45, 2.75) is 20.1 Å². The molecule has 2 heterocycles. The van der Waals surface area contributed by atoms with Crippen LogP contribution in [0.3, 0.4) is 0 Å². The average Bonchev–Trinajstić information content (AvgIpc) is 2.55. The normalized spacial score (nSPS) is 16.8. The van der Waals surface area contributed by atoms with Gasteiger partial charge in [-0.2, -0.15) is 0 Å². The minimum Gasteiger partial charge on any atom is -0.358 e. The van der Waals surface area contributed by atoms with E-state index < -0.39 is 6.30 Å². The molecule has 0 saturated carbocycles. The van der Waals surface area contributed by atoms with Gasteiger partial charge >= 0.3 is 0 Å². The summed E-state index contributed by atoms with van der Waals surface area (Å²) in [5.74, 6) is -0.000820. The Hall–Kier alpha value is -2.69. The Morgan fingerprint density at radius 3 is 2.78 bits per heavy atom. The van der Waals surface area contributed by atoms with E-state index in [-0.39, 0.29) is 5.91 Å². The molecule has 1 aliphatic rings. The smallest absolute Gasteiger partial charge is 0.223 e. The van der Waals surface area contributed by atoms with E-state index in [0.717, 1.165) is 27.9 Å². The van der Waals surface area contributed by atoms with Gasteiger partial charge < -0.3 is 10.2 Å². The van der Waals surface area contributed by atoms with Gasteiger partial charge in [-0.1, -0.05) is 18.2 Å². The summed E-state index contributed by atoms with van der Waals surface area (Å²) in [4.78, 5) is 18.0. The van der Waals surface area contributed by atoms with Crippen molar-refractivity contribution >= 4 is 28.1 Å². The molecule has 1 amide bonds. The number of nitrogens with zero attached hydrogens (tertiary/aromatic N) is 2. The predicted molar refractivity (Wildman–Crippen MR) is 90.6 cm³/mol. The number of carbonyl (C=O) groups excluding carboxylic acids is 1. The number of anilines is 1. The van der Waals surface area contributed by atoms with Crippen molar-refractivity contribution in [3.63, 3.8) is 0 Å². The summed E-state index contributed by atoms with van der Waals surface area (Å²) in [6, 6.07) is 9.66. The molecule has 3 rings (SSSR count). The summed E-state index contributed by atoms with van der Waals surface area (Å²) in [6.07, 6.45) is 3.63. The molecule has 0 aliphatic carbocycles. The number of rotatable bonds is 3. The number of aromatic nitrogens is 1. The first-order valence-electron chi connectivity index (χ1n) is 7.56. The number of alkyl halides is 1. The van der Waals surface area contributed by atoms with Crippen molar-refractivity contribution in [3.8, 4) is 0 Å². The molecule has 1 aliphatic heterocycles. The standard InChI is InChI=1S/C18H18FN3O/c1-3-22(12(2)23)15-7-4-13-5-8-16(21-17(13)10-15)14-6-9-18(19)20-11-14/h4-11,18,20H,3H2,1-2H3/t18-/m0/s1. The van der Waals surface area contributed by atoms with Crippen molar-refractivity contribution in [1.29, 1.82) is 0 Å².